The summed E-state index contributed by atoms with van der Waals surface area (Å²) in [6, 6.07) is 0.420. The lowest BCUT2D eigenvalue weighted by Crippen LogP contribution is -2.34. The number of aliphatic hydroxyl groups excluding tert-OH is 1. The van der Waals surface area contributed by atoms with Crippen molar-refractivity contribution in [3.05, 3.63) is 0 Å². The van der Waals surface area contributed by atoms with Crippen LogP contribution >= 0.6 is 0 Å². The lowest BCUT2D eigenvalue weighted by atomic mass is 10.1. The van der Waals surface area contributed by atoms with E-state index >= 15 is 0 Å². The van der Waals surface area contributed by atoms with E-state index in [1.807, 2.05) is 6.92 Å². The minimum atomic E-state index is -0.517. The summed E-state index contributed by atoms with van der Waals surface area (Å²) < 4.78 is 5.58. The zero-order valence-corrected chi connectivity index (χ0v) is 13.0. The van der Waals surface area contributed by atoms with Crippen molar-refractivity contribution in [1.82, 2.24) is 10.6 Å². The van der Waals surface area contributed by atoms with Crippen LogP contribution in [0, 0.1) is 5.92 Å². The number of rotatable bonds is 11. The minimum absolute atomic E-state index is 0.0938. The zero-order chi connectivity index (χ0) is 15.0. The molecule has 0 radical (unpaired) electrons. The van der Waals surface area contributed by atoms with E-state index < -0.39 is 6.10 Å². The van der Waals surface area contributed by atoms with Crippen LogP contribution in [0.15, 0.2) is 0 Å². The van der Waals surface area contributed by atoms with Gasteiger partial charge in [-0.25, -0.2) is 0 Å². The Labute approximate surface area is 122 Å². The van der Waals surface area contributed by atoms with Crippen LogP contribution < -0.4 is 10.6 Å². The molecule has 0 aromatic rings. The quantitative estimate of drug-likeness (QED) is 0.497. The molecule has 1 rings (SSSR count). The average Bonchev–Trinajstić information content (AvgIpc) is 3.15. The Morgan fingerprint density at radius 3 is 2.65 bits per heavy atom. The molecule has 3 N–H and O–H groups in total. The van der Waals surface area contributed by atoms with E-state index in [-0.39, 0.29) is 12.0 Å². The predicted molar refractivity (Wildman–Crippen MR) is 79.5 cm³/mol. The molecule has 1 saturated carbocycles. The van der Waals surface area contributed by atoms with Crippen LogP contribution in [0.4, 0.5) is 0 Å². The van der Waals surface area contributed by atoms with Crippen LogP contribution in [0.5, 0.6) is 0 Å². The number of ether oxygens (including phenoxy) is 1. The highest BCUT2D eigenvalue weighted by atomic mass is 16.5. The number of hydrogen-bond acceptors (Lipinski definition) is 4. The van der Waals surface area contributed by atoms with Gasteiger partial charge in [-0.2, -0.15) is 0 Å². The van der Waals surface area contributed by atoms with Gasteiger partial charge in [-0.3, -0.25) is 4.79 Å². The molecule has 0 aromatic carbocycles. The summed E-state index contributed by atoms with van der Waals surface area (Å²) in [6.45, 7) is 7.74. The number of amides is 1. The second-order valence-corrected chi connectivity index (χ2v) is 6.22. The Morgan fingerprint density at radius 1 is 1.35 bits per heavy atom. The summed E-state index contributed by atoms with van der Waals surface area (Å²) in [5.74, 6) is 0.696. The summed E-state index contributed by atoms with van der Waals surface area (Å²) in [5.41, 5.74) is 0. The van der Waals surface area contributed by atoms with Crippen LogP contribution in [0.1, 0.15) is 46.5 Å². The Kier molecular flexibility index (Phi) is 8.11. The van der Waals surface area contributed by atoms with Gasteiger partial charge in [-0.15, -0.1) is 0 Å². The number of hydrogen-bond donors (Lipinski definition) is 3. The Hall–Kier alpha value is -0.650. The molecule has 20 heavy (non-hydrogen) atoms. The standard InChI is InChI=1S/C15H30N2O3/c1-11(2)8-12(3)20-10-14(18)9-16-7-6-15(19)17-13-4-5-13/h11-14,16,18H,4-10H2,1-3H3,(H,17,19). The molecule has 0 bridgehead atoms. The van der Waals surface area contributed by atoms with Gasteiger partial charge in [0.15, 0.2) is 0 Å². The van der Waals surface area contributed by atoms with Crippen molar-refractivity contribution in [3.8, 4) is 0 Å². The fraction of sp³-hybridized carbons (Fsp3) is 0.933. The normalized spacial score (nSPS) is 18.1. The summed E-state index contributed by atoms with van der Waals surface area (Å²) in [5, 5.41) is 15.8. The molecule has 1 aliphatic carbocycles. The molecule has 1 fully saturated rings. The van der Waals surface area contributed by atoms with Gasteiger partial charge in [-0.1, -0.05) is 13.8 Å². The van der Waals surface area contributed by atoms with Gasteiger partial charge in [0.25, 0.3) is 0 Å². The molecule has 0 spiro atoms. The molecule has 0 aliphatic heterocycles. The molecule has 1 aliphatic rings. The first-order chi connectivity index (χ1) is 9.47. The number of aliphatic hydroxyl groups is 1. The van der Waals surface area contributed by atoms with Crippen molar-refractivity contribution in [2.75, 3.05) is 19.7 Å². The molecule has 5 heteroatoms. The average molecular weight is 286 g/mol. The van der Waals surface area contributed by atoms with Crippen molar-refractivity contribution in [3.63, 3.8) is 0 Å². The van der Waals surface area contributed by atoms with E-state index in [2.05, 4.69) is 24.5 Å². The van der Waals surface area contributed by atoms with E-state index in [0.29, 0.717) is 38.1 Å². The van der Waals surface area contributed by atoms with Crippen LogP contribution in [-0.2, 0) is 9.53 Å². The topological polar surface area (TPSA) is 70.6 Å². The second-order valence-electron chi connectivity index (χ2n) is 6.22. The summed E-state index contributed by atoms with van der Waals surface area (Å²) in [7, 11) is 0. The van der Waals surface area contributed by atoms with Gasteiger partial charge in [0.05, 0.1) is 18.8 Å². The van der Waals surface area contributed by atoms with Crippen LogP contribution in [0.3, 0.4) is 0 Å². The van der Waals surface area contributed by atoms with E-state index in [9.17, 15) is 9.90 Å². The van der Waals surface area contributed by atoms with Crippen molar-refractivity contribution in [2.24, 2.45) is 5.92 Å². The lowest BCUT2D eigenvalue weighted by molar-refractivity contribution is -0.121. The second kappa shape index (κ2) is 9.32. The first-order valence-corrected chi connectivity index (χ1v) is 7.77. The SMILES string of the molecule is CC(C)CC(C)OCC(O)CNCCC(=O)NC1CC1. The summed E-state index contributed by atoms with van der Waals surface area (Å²) in [4.78, 5) is 11.4. The highest BCUT2D eigenvalue weighted by Gasteiger charge is 2.22. The first-order valence-electron chi connectivity index (χ1n) is 7.77. The van der Waals surface area contributed by atoms with Gasteiger partial charge in [0.2, 0.25) is 5.91 Å². The zero-order valence-electron chi connectivity index (χ0n) is 13.0. The molecule has 2 unspecified atom stereocenters. The number of nitrogens with one attached hydrogen (secondary N) is 2. The fourth-order valence-corrected chi connectivity index (χ4v) is 2.06. The molecule has 118 valence electrons. The van der Waals surface area contributed by atoms with Crippen molar-refractivity contribution in [2.45, 2.75) is 64.7 Å². The maximum absolute atomic E-state index is 11.4. The molecule has 1 amide bonds. The van der Waals surface area contributed by atoms with Crippen molar-refractivity contribution in [1.29, 1.82) is 0 Å². The summed E-state index contributed by atoms with van der Waals surface area (Å²) >= 11 is 0. The third-order valence-electron chi connectivity index (χ3n) is 3.23. The monoisotopic (exact) mass is 286 g/mol. The summed E-state index contributed by atoms with van der Waals surface area (Å²) in [6.07, 6.45) is 3.35. The molecule has 0 saturated heterocycles. The fourth-order valence-electron chi connectivity index (χ4n) is 2.06. The van der Waals surface area contributed by atoms with Crippen LogP contribution in [-0.4, -0.2) is 49.0 Å². The predicted octanol–water partition coefficient (Wildman–Crippen LogP) is 1.06. The van der Waals surface area contributed by atoms with Gasteiger partial charge >= 0.3 is 0 Å². The lowest BCUT2D eigenvalue weighted by Gasteiger charge is -2.18. The number of carbonyl (C=O) groups is 1. The molecule has 2 atom stereocenters. The molecule has 0 aromatic heterocycles. The maximum Gasteiger partial charge on any atom is 0.221 e. The van der Waals surface area contributed by atoms with Crippen LogP contribution in [0.2, 0.25) is 0 Å². The highest BCUT2D eigenvalue weighted by Crippen LogP contribution is 2.18. The largest absolute Gasteiger partial charge is 0.389 e. The van der Waals surface area contributed by atoms with E-state index in [1.165, 1.54) is 0 Å². The molecular formula is C15H30N2O3. The van der Waals surface area contributed by atoms with Gasteiger partial charge in [0, 0.05) is 25.6 Å². The Morgan fingerprint density at radius 2 is 2.05 bits per heavy atom. The van der Waals surface area contributed by atoms with E-state index in [0.717, 1.165) is 19.3 Å². The number of carbonyl (C=O) groups excluding carboxylic acids is 1. The van der Waals surface area contributed by atoms with Crippen molar-refractivity contribution < 1.29 is 14.6 Å². The molecule has 0 heterocycles. The minimum Gasteiger partial charge on any atom is -0.389 e. The van der Waals surface area contributed by atoms with E-state index in [4.69, 9.17) is 4.74 Å². The van der Waals surface area contributed by atoms with E-state index in [1.54, 1.807) is 0 Å². The Balaban J connectivity index is 1.93. The van der Waals surface area contributed by atoms with Gasteiger partial charge in [0.1, 0.15) is 0 Å². The van der Waals surface area contributed by atoms with Crippen molar-refractivity contribution >= 4 is 5.91 Å². The maximum atomic E-state index is 11.4. The van der Waals surface area contributed by atoms with Gasteiger partial charge in [-0.05, 0) is 32.1 Å². The molecular weight excluding hydrogens is 256 g/mol. The Bertz CT molecular complexity index is 280. The third kappa shape index (κ3) is 9.28. The first kappa shape index (κ1) is 17.4. The highest BCUT2D eigenvalue weighted by molar-refractivity contribution is 5.76. The van der Waals surface area contributed by atoms with Crippen LogP contribution in [0.25, 0.3) is 0 Å². The smallest absolute Gasteiger partial charge is 0.221 e. The van der Waals surface area contributed by atoms with Gasteiger partial charge < -0.3 is 20.5 Å². The molecule has 5 nitrogen and oxygen atoms in total. The third-order valence-corrected chi connectivity index (χ3v) is 3.23.